The molecule has 8 heteroatoms. The molecule has 28 heavy (non-hydrogen) atoms. The summed E-state index contributed by atoms with van der Waals surface area (Å²) in [5.74, 6) is -0.644. The number of nitrogens with one attached hydrogen (secondary N) is 1. The van der Waals surface area contributed by atoms with Crippen LogP contribution in [0.5, 0.6) is 0 Å². The second-order valence-corrected chi connectivity index (χ2v) is 8.50. The minimum Gasteiger partial charge on any atom is -0.381 e. The largest absolute Gasteiger partial charge is 0.381 e. The first-order valence-corrected chi connectivity index (χ1v) is 10.5. The molecular formula is C20H23FN2O4S. The standard InChI is InChI=1S/C20H23FN2O4S/c1-14-3-8-18(28(25,26)22-16-6-4-15(21)5-7-16)13-19(14)20(24)23-11-9-17(27-2)10-12-23/h3-8,13,17,22H,9-12H2,1-2H3. The van der Waals surface area contributed by atoms with Crippen molar-refractivity contribution in [3.05, 3.63) is 59.4 Å². The SMILES string of the molecule is COC1CCN(C(=O)c2cc(S(=O)(=O)Nc3ccc(F)cc3)ccc2C)CC1. The Morgan fingerprint density at radius 1 is 1.14 bits per heavy atom. The van der Waals surface area contributed by atoms with Crippen molar-refractivity contribution in [3.63, 3.8) is 0 Å². The summed E-state index contributed by atoms with van der Waals surface area (Å²) in [5.41, 5.74) is 1.31. The molecule has 0 aliphatic carbocycles. The van der Waals surface area contributed by atoms with Crippen LogP contribution in [0, 0.1) is 12.7 Å². The molecule has 0 aromatic heterocycles. The van der Waals surface area contributed by atoms with E-state index in [4.69, 9.17) is 4.74 Å². The van der Waals surface area contributed by atoms with Crippen LogP contribution < -0.4 is 4.72 Å². The fraction of sp³-hybridized carbons (Fsp3) is 0.350. The predicted molar refractivity (Wildman–Crippen MR) is 104 cm³/mol. The molecule has 0 saturated carbocycles. The molecule has 0 radical (unpaired) electrons. The van der Waals surface area contributed by atoms with Crippen molar-refractivity contribution < 1.29 is 22.3 Å². The highest BCUT2D eigenvalue weighted by atomic mass is 32.2. The topological polar surface area (TPSA) is 75.7 Å². The molecule has 1 fully saturated rings. The number of likely N-dealkylation sites (tertiary alicyclic amines) is 1. The zero-order valence-corrected chi connectivity index (χ0v) is 16.6. The normalized spacial score (nSPS) is 15.5. The molecule has 0 unspecified atom stereocenters. The molecule has 1 saturated heterocycles. The lowest BCUT2D eigenvalue weighted by atomic mass is 10.0. The maximum atomic E-state index is 13.0. The van der Waals surface area contributed by atoms with E-state index in [2.05, 4.69) is 4.72 Å². The van der Waals surface area contributed by atoms with Gasteiger partial charge in [0.15, 0.2) is 0 Å². The average molecular weight is 406 g/mol. The Balaban J connectivity index is 1.82. The first-order chi connectivity index (χ1) is 13.3. The van der Waals surface area contributed by atoms with Crippen LogP contribution in [0.25, 0.3) is 0 Å². The maximum absolute atomic E-state index is 13.0. The van der Waals surface area contributed by atoms with Gasteiger partial charge >= 0.3 is 0 Å². The van der Waals surface area contributed by atoms with E-state index >= 15 is 0 Å². The van der Waals surface area contributed by atoms with E-state index in [0.29, 0.717) is 24.2 Å². The highest BCUT2D eigenvalue weighted by Crippen LogP contribution is 2.22. The van der Waals surface area contributed by atoms with Crippen LogP contribution in [0.1, 0.15) is 28.8 Å². The summed E-state index contributed by atoms with van der Waals surface area (Å²) in [5, 5.41) is 0. The van der Waals surface area contributed by atoms with Crippen molar-refractivity contribution >= 4 is 21.6 Å². The second kappa shape index (κ2) is 8.28. The summed E-state index contributed by atoms with van der Waals surface area (Å²) in [6.45, 7) is 2.92. The summed E-state index contributed by atoms with van der Waals surface area (Å²) in [6.07, 6.45) is 1.66. The van der Waals surface area contributed by atoms with Crippen molar-refractivity contribution in [1.29, 1.82) is 0 Å². The van der Waals surface area contributed by atoms with Crippen molar-refractivity contribution in [2.75, 3.05) is 24.9 Å². The third-order valence-corrected chi connectivity index (χ3v) is 6.29. The molecule has 0 bridgehead atoms. The predicted octanol–water partition coefficient (Wildman–Crippen LogP) is 3.19. The van der Waals surface area contributed by atoms with Crippen LogP contribution in [0.2, 0.25) is 0 Å². The van der Waals surface area contributed by atoms with Gasteiger partial charge in [-0.15, -0.1) is 0 Å². The van der Waals surface area contributed by atoms with Gasteiger partial charge in [0.05, 0.1) is 11.0 Å². The summed E-state index contributed by atoms with van der Waals surface area (Å²) in [6, 6.07) is 9.49. The van der Waals surface area contributed by atoms with Gasteiger partial charge < -0.3 is 9.64 Å². The Morgan fingerprint density at radius 2 is 1.79 bits per heavy atom. The van der Waals surface area contributed by atoms with Gasteiger partial charge in [0, 0.05) is 31.5 Å². The minimum absolute atomic E-state index is 0.0162. The molecule has 6 nitrogen and oxygen atoms in total. The Morgan fingerprint density at radius 3 is 2.39 bits per heavy atom. The van der Waals surface area contributed by atoms with Gasteiger partial charge in [0.2, 0.25) is 0 Å². The van der Waals surface area contributed by atoms with Crippen LogP contribution in [-0.2, 0) is 14.8 Å². The number of carbonyl (C=O) groups excluding carboxylic acids is 1. The lowest BCUT2D eigenvalue weighted by Crippen LogP contribution is -2.40. The smallest absolute Gasteiger partial charge is 0.261 e. The Labute approximate surface area is 164 Å². The number of halogens is 1. The summed E-state index contributed by atoms with van der Waals surface area (Å²) < 4.78 is 46.1. The molecule has 2 aromatic carbocycles. The van der Waals surface area contributed by atoms with Crippen molar-refractivity contribution in [1.82, 2.24) is 4.90 Å². The lowest BCUT2D eigenvalue weighted by molar-refractivity contribution is 0.0350. The number of hydrogen-bond donors (Lipinski definition) is 1. The lowest BCUT2D eigenvalue weighted by Gasteiger charge is -2.31. The van der Waals surface area contributed by atoms with Gasteiger partial charge in [-0.05, 0) is 61.7 Å². The van der Waals surface area contributed by atoms with Crippen molar-refractivity contribution in [3.8, 4) is 0 Å². The molecule has 3 rings (SSSR count). The monoisotopic (exact) mass is 406 g/mol. The van der Waals surface area contributed by atoms with Gasteiger partial charge in [0.1, 0.15) is 5.82 Å². The van der Waals surface area contributed by atoms with Gasteiger partial charge in [-0.2, -0.15) is 0 Å². The Bertz CT molecular complexity index is 953. The zero-order chi connectivity index (χ0) is 20.3. The Kier molecular flexibility index (Phi) is 6.00. The van der Waals surface area contributed by atoms with Crippen molar-refractivity contribution in [2.24, 2.45) is 0 Å². The number of benzene rings is 2. The first kappa shape index (κ1) is 20.3. The first-order valence-electron chi connectivity index (χ1n) is 9.01. The third-order valence-electron chi connectivity index (χ3n) is 4.91. The number of carbonyl (C=O) groups is 1. The number of sulfonamides is 1. The van der Waals surface area contributed by atoms with Gasteiger partial charge in [-0.3, -0.25) is 9.52 Å². The molecule has 1 heterocycles. The summed E-state index contributed by atoms with van der Waals surface area (Å²) in [7, 11) is -2.24. The number of amides is 1. The molecule has 0 spiro atoms. The van der Waals surface area contributed by atoms with E-state index in [9.17, 15) is 17.6 Å². The molecule has 2 aromatic rings. The highest BCUT2D eigenvalue weighted by molar-refractivity contribution is 7.92. The van der Waals surface area contributed by atoms with Crippen LogP contribution in [0.4, 0.5) is 10.1 Å². The van der Waals surface area contributed by atoms with Gasteiger partial charge in [-0.1, -0.05) is 6.07 Å². The molecule has 1 amide bonds. The number of methoxy groups -OCH3 is 1. The summed E-state index contributed by atoms with van der Waals surface area (Å²) in [4.78, 5) is 14.6. The number of piperidine rings is 1. The van der Waals surface area contributed by atoms with Gasteiger partial charge in [-0.25, -0.2) is 12.8 Å². The van der Waals surface area contributed by atoms with E-state index in [1.807, 2.05) is 0 Å². The van der Waals surface area contributed by atoms with Crippen LogP contribution >= 0.6 is 0 Å². The molecule has 1 aliphatic rings. The number of ether oxygens (including phenoxy) is 1. The Hall–Kier alpha value is -2.45. The number of nitrogens with zero attached hydrogens (tertiary/aromatic N) is 1. The number of rotatable bonds is 5. The zero-order valence-electron chi connectivity index (χ0n) is 15.8. The van der Waals surface area contributed by atoms with E-state index in [0.717, 1.165) is 12.8 Å². The number of hydrogen-bond acceptors (Lipinski definition) is 4. The number of aryl methyl sites for hydroxylation is 1. The van der Waals surface area contributed by atoms with E-state index in [-0.39, 0.29) is 22.6 Å². The van der Waals surface area contributed by atoms with Crippen LogP contribution in [0.3, 0.4) is 0 Å². The maximum Gasteiger partial charge on any atom is 0.261 e. The number of anilines is 1. The molecular weight excluding hydrogens is 383 g/mol. The quantitative estimate of drug-likeness (QED) is 0.828. The fourth-order valence-electron chi connectivity index (χ4n) is 3.20. The van der Waals surface area contributed by atoms with E-state index < -0.39 is 15.8 Å². The van der Waals surface area contributed by atoms with Crippen LogP contribution in [0.15, 0.2) is 47.4 Å². The molecule has 150 valence electrons. The van der Waals surface area contributed by atoms with Crippen molar-refractivity contribution in [2.45, 2.75) is 30.8 Å². The van der Waals surface area contributed by atoms with E-state index in [1.54, 1.807) is 25.0 Å². The molecule has 1 aliphatic heterocycles. The van der Waals surface area contributed by atoms with Crippen LogP contribution in [-0.4, -0.2) is 45.5 Å². The van der Waals surface area contributed by atoms with Gasteiger partial charge in [0.25, 0.3) is 15.9 Å². The van der Waals surface area contributed by atoms with E-state index in [1.165, 1.54) is 36.4 Å². The second-order valence-electron chi connectivity index (χ2n) is 6.82. The summed E-state index contributed by atoms with van der Waals surface area (Å²) >= 11 is 0. The fourth-order valence-corrected chi connectivity index (χ4v) is 4.28. The highest BCUT2D eigenvalue weighted by Gasteiger charge is 2.26. The molecule has 1 N–H and O–H groups in total. The third kappa shape index (κ3) is 4.51. The minimum atomic E-state index is -3.91. The average Bonchev–Trinajstić information content (AvgIpc) is 2.69. The molecule has 0 atom stereocenters.